The minimum Gasteiger partial charge on any atom is -0.483 e. The molecule has 27 heavy (non-hydrogen) atoms. The summed E-state index contributed by atoms with van der Waals surface area (Å²) < 4.78 is 6.52. The second-order valence-corrected chi connectivity index (χ2v) is 8.17. The predicted octanol–water partition coefficient (Wildman–Crippen LogP) is 4.22. The monoisotopic (exact) mass is 432 g/mol. The number of anilines is 1. The maximum absolute atomic E-state index is 12.3. The molecule has 0 spiro atoms. The molecule has 1 N–H and O–H groups in total. The Morgan fingerprint density at radius 1 is 1.07 bits per heavy atom. The molecule has 0 heterocycles. The summed E-state index contributed by atoms with van der Waals surface area (Å²) in [5.41, 5.74) is 1.61. The van der Waals surface area contributed by atoms with Gasteiger partial charge in [0.15, 0.2) is 6.61 Å². The molecule has 0 aromatic heterocycles. The van der Waals surface area contributed by atoms with Gasteiger partial charge in [-0.05, 0) is 45.1 Å². The van der Waals surface area contributed by atoms with Crippen LogP contribution in [0.3, 0.4) is 0 Å². The van der Waals surface area contributed by atoms with Crippen molar-refractivity contribution in [2.45, 2.75) is 26.2 Å². The minimum absolute atomic E-state index is 0.0511. The van der Waals surface area contributed by atoms with Crippen molar-refractivity contribution < 1.29 is 14.3 Å². The number of halogens is 1. The van der Waals surface area contributed by atoms with Gasteiger partial charge >= 0.3 is 0 Å². The van der Waals surface area contributed by atoms with E-state index in [0.29, 0.717) is 11.4 Å². The normalized spacial score (nSPS) is 11.0. The summed E-state index contributed by atoms with van der Waals surface area (Å²) in [4.78, 5) is 25.9. The fraction of sp³-hybridized carbons (Fsp3) is 0.333. The molecule has 0 aliphatic heterocycles. The summed E-state index contributed by atoms with van der Waals surface area (Å²) in [6, 6.07) is 15.0. The highest BCUT2D eigenvalue weighted by molar-refractivity contribution is 9.10. The van der Waals surface area contributed by atoms with E-state index in [2.05, 4.69) is 42.0 Å². The topological polar surface area (TPSA) is 58.6 Å². The molecule has 2 rings (SSSR count). The van der Waals surface area contributed by atoms with Gasteiger partial charge in [-0.2, -0.15) is 0 Å². The predicted molar refractivity (Wildman–Crippen MR) is 111 cm³/mol. The average Bonchev–Trinajstić information content (AvgIpc) is 2.61. The summed E-state index contributed by atoms with van der Waals surface area (Å²) in [5.74, 6) is 0.151. The average molecular weight is 433 g/mol. The lowest BCUT2D eigenvalue weighted by Crippen LogP contribution is -2.37. The van der Waals surface area contributed by atoms with Gasteiger partial charge in [-0.3, -0.25) is 9.59 Å². The number of ether oxygens (including phenoxy) is 1. The zero-order chi connectivity index (χ0) is 20.0. The number of hydrogen-bond acceptors (Lipinski definition) is 3. The van der Waals surface area contributed by atoms with E-state index in [0.717, 1.165) is 10.0 Å². The van der Waals surface area contributed by atoms with Crippen molar-refractivity contribution in [2.75, 3.05) is 25.5 Å². The number of benzene rings is 2. The van der Waals surface area contributed by atoms with Gasteiger partial charge in [0.2, 0.25) is 5.91 Å². The summed E-state index contributed by atoms with van der Waals surface area (Å²) in [6.07, 6.45) is 0. The Morgan fingerprint density at radius 3 is 2.37 bits per heavy atom. The highest BCUT2D eigenvalue weighted by atomic mass is 79.9. The molecule has 0 atom stereocenters. The van der Waals surface area contributed by atoms with Crippen molar-refractivity contribution >= 4 is 33.4 Å². The first kappa shape index (κ1) is 21.0. The Balaban J connectivity index is 1.91. The number of nitrogens with one attached hydrogen (secondary N) is 1. The van der Waals surface area contributed by atoms with Crippen LogP contribution < -0.4 is 10.1 Å². The molecule has 2 aromatic rings. The maximum Gasteiger partial charge on any atom is 0.260 e. The van der Waals surface area contributed by atoms with Crippen LogP contribution >= 0.6 is 15.9 Å². The first-order chi connectivity index (χ1) is 12.7. The van der Waals surface area contributed by atoms with E-state index in [-0.39, 0.29) is 30.4 Å². The maximum atomic E-state index is 12.3. The molecule has 6 heteroatoms. The molecule has 2 amide bonds. The molecule has 2 aromatic carbocycles. The molecule has 0 saturated carbocycles. The second kappa shape index (κ2) is 9.04. The summed E-state index contributed by atoms with van der Waals surface area (Å²) >= 11 is 3.38. The molecule has 0 fully saturated rings. The molecule has 0 saturated heterocycles. The smallest absolute Gasteiger partial charge is 0.260 e. The first-order valence-electron chi connectivity index (χ1n) is 8.69. The van der Waals surface area contributed by atoms with Gasteiger partial charge in [-0.1, -0.05) is 51.1 Å². The molecule has 0 aliphatic carbocycles. The number of rotatable bonds is 6. The molecular weight excluding hydrogens is 408 g/mol. The number of amides is 2. The van der Waals surface area contributed by atoms with E-state index in [1.165, 1.54) is 4.90 Å². The van der Waals surface area contributed by atoms with Crippen LogP contribution in [0, 0.1) is 0 Å². The fourth-order valence-electron chi connectivity index (χ4n) is 2.52. The Kier molecular flexibility index (Phi) is 7.02. The number of nitrogens with zero attached hydrogens (tertiary/aromatic N) is 1. The van der Waals surface area contributed by atoms with E-state index >= 15 is 0 Å². The Morgan fingerprint density at radius 2 is 1.70 bits per heavy atom. The van der Waals surface area contributed by atoms with E-state index in [9.17, 15) is 9.59 Å². The Hall–Kier alpha value is -2.34. The van der Waals surface area contributed by atoms with Gasteiger partial charge in [0.05, 0.1) is 12.2 Å². The van der Waals surface area contributed by atoms with Crippen LogP contribution in [0.4, 0.5) is 5.69 Å². The van der Waals surface area contributed by atoms with Gasteiger partial charge in [0.1, 0.15) is 5.75 Å². The summed E-state index contributed by atoms with van der Waals surface area (Å²) in [5, 5.41) is 2.78. The molecule has 0 bridgehead atoms. The van der Waals surface area contributed by atoms with Crippen LogP contribution in [-0.4, -0.2) is 36.9 Å². The van der Waals surface area contributed by atoms with Crippen LogP contribution in [-0.2, 0) is 15.0 Å². The lowest BCUT2D eigenvalue weighted by atomic mass is 9.86. The zero-order valence-electron chi connectivity index (χ0n) is 16.1. The van der Waals surface area contributed by atoms with Crippen LogP contribution in [0.2, 0.25) is 0 Å². The van der Waals surface area contributed by atoms with Gasteiger partial charge < -0.3 is 15.0 Å². The third-order valence-electron chi connectivity index (χ3n) is 4.00. The number of carbonyl (C=O) groups is 2. The highest BCUT2D eigenvalue weighted by Gasteiger charge is 2.20. The molecule has 144 valence electrons. The lowest BCUT2D eigenvalue weighted by Gasteiger charge is -2.23. The van der Waals surface area contributed by atoms with Gasteiger partial charge in [-0.15, -0.1) is 0 Å². The largest absolute Gasteiger partial charge is 0.483 e. The number of likely N-dealkylation sites (N-methyl/N-ethyl adjacent to an activating group) is 1. The molecule has 0 radical (unpaired) electrons. The van der Waals surface area contributed by atoms with Crippen molar-refractivity contribution in [1.29, 1.82) is 0 Å². The molecular formula is C21H25BrN2O3. The van der Waals surface area contributed by atoms with E-state index in [4.69, 9.17) is 4.74 Å². The molecule has 0 unspecified atom stereocenters. The van der Waals surface area contributed by atoms with Crippen LogP contribution in [0.15, 0.2) is 53.0 Å². The lowest BCUT2D eigenvalue weighted by molar-refractivity contribution is -0.135. The Bertz CT molecular complexity index is 815. The van der Waals surface area contributed by atoms with E-state index in [1.54, 1.807) is 13.1 Å². The summed E-state index contributed by atoms with van der Waals surface area (Å²) in [6.45, 7) is 6.11. The second-order valence-electron chi connectivity index (χ2n) is 7.31. The number of para-hydroxylation sites is 2. The zero-order valence-corrected chi connectivity index (χ0v) is 17.7. The molecule has 5 nitrogen and oxygen atoms in total. The Labute approximate surface area is 168 Å². The van der Waals surface area contributed by atoms with Crippen molar-refractivity contribution in [2.24, 2.45) is 0 Å². The first-order valence-corrected chi connectivity index (χ1v) is 9.48. The third kappa shape index (κ3) is 6.10. The van der Waals surface area contributed by atoms with E-state index in [1.807, 2.05) is 42.5 Å². The fourth-order valence-corrected chi connectivity index (χ4v) is 2.90. The van der Waals surface area contributed by atoms with Crippen molar-refractivity contribution in [3.8, 4) is 5.75 Å². The van der Waals surface area contributed by atoms with Crippen LogP contribution in [0.25, 0.3) is 0 Å². The van der Waals surface area contributed by atoms with Crippen molar-refractivity contribution in [1.82, 2.24) is 4.90 Å². The minimum atomic E-state index is -0.271. The van der Waals surface area contributed by atoms with Gasteiger partial charge in [0.25, 0.3) is 5.91 Å². The van der Waals surface area contributed by atoms with Crippen LogP contribution in [0.1, 0.15) is 26.3 Å². The SMILES string of the molecule is CN(CC(=O)Nc1ccccc1Br)C(=O)COc1ccccc1C(C)(C)C. The van der Waals surface area contributed by atoms with E-state index < -0.39 is 0 Å². The quantitative estimate of drug-likeness (QED) is 0.742. The third-order valence-corrected chi connectivity index (χ3v) is 4.69. The van der Waals surface area contributed by atoms with Gasteiger partial charge in [-0.25, -0.2) is 0 Å². The number of hydrogen-bond donors (Lipinski definition) is 1. The van der Waals surface area contributed by atoms with Crippen molar-refractivity contribution in [3.05, 3.63) is 58.6 Å². The number of carbonyl (C=O) groups excluding carboxylic acids is 2. The standard InChI is InChI=1S/C21H25BrN2O3/c1-21(2,3)15-9-5-8-12-18(15)27-14-20(26)24(4)13-19(25)23-17-11-7-6-10-16(17)22/h5-12H,13-14H2,1-4H3,(H,23,25). The van der Waals surface area contributed by atoms with Gasteiger partial charge in [0, 0.05) is 11.5 Å². The summed E-state index contributed by atoms with van der Waals surface area (Å²) in [7, 11) is 1.58. The highest BCUT2D eigenvalue weighted by Crippen LogP contribution is 2.30. The van der Waals surface area contributed by atoms with Crippen LogP contribution in [0.5, 0.6) is 5.75 Å². The van der Waals surface area contributed by atoms with Crippen molar-refractivity contribution in [3.63, 3.8) is 0 Å². The molecule has 0 aliphatic rings.